The summed E-state index contributed by atoms with van der Waals surface area (Å²) in [6.07, 6.45) is 0. The Balaban J connectivity index is 1.72. The van der Waals surface area contributed by atoms with Gasteiger partial charge in [0.1, 0.15) is 5.82 Å². The third-order valence-corrected chi connectivity index (χ3v) is 6.53. The molecule has 3 aromatic rings. The molecule has 2 amide bonds. The maximum absolute atomic E-state index is 13.9. The molecule has 3 N–H and O–H groups in total. The molecular weight excluding hydrogens is 445 g/mol. The summed E-state index contributed by atoms with van der Waals surface area (Å²) in [7, 11) is -4.14. The van der Waals surface area contributed by atoms with Crippen LogP contribution >= 0.6 is 0 Å². The first-order chi connectivity index (χ1) is 15.6. The Kier molecular flexibility index (Phi) is 7.13. The van der Waals surface area contributed by atoms with Crippen LogP contribution in [0.3, 0.4) is 0 Å². The van der Waals surface area contributed by atoms with Crippen LogP contribution in [0.5, 0.6) is 0 Å². The highest BCUT2D eigenvalue weighted by molar-refractivity contribution is 7.92. The molecule has 0 saturated heterocycles. The van der Waals surface area contributed by atoms with E-state index in [1.54, 1.807) is 13.0 Å². The summed E-state index contributed by atoms with van der Waals surface area (Å²) >= 11 is 0. The Labute approximate surface area is 192 Å². The van der Waals surface area contributed by atoms with Crippen molar-refractivity contribution in [3.05, 3.63) is 88.7 Å². The number of benzene rings is 3. The highest BCUT2D eigenvalue weighted by Crippen LogP contribution is 2.21. The van der Waals surface area contributed by atoms with Crippen LogP contribution in [0.2, 0.25) is 0 Å². The molecule has 0 radical (unpaired) electrons. The lowest BCUT2D eigenvalue weighted by molar-refractivity contribution is -0.115. The van der Waals surface area contributed by atoms with Crippen molar-refractivity contribution < 1.29 is 22.4 Å². The van der Waals surface area contributed by atoms with Crippen molar-refractivity contribution in [1.29, 1.82) is 0 Å². The highest BCUT2D eigenvalue weighted by atomic mass is 32.2. The monoisotopic (exact) mass is 469 g/mol. The SMILES string of the molecule is Cc1ccc(S(=O)(=O)Nc2ccccc2F)cc1C(=O)NCC(=O)Nc1cccc(C)c1C. The van der Waals surface area contributed by atoms with Gasteiger partial charge in [0, 0.05) is 11.3 Å². The lowest BCUT2D eigenvalue weighted by atomic mass is 10.1. The molecule has 0 saturated carbocycles. The van der Waals surface area contributed by atoms with Crippen molar-refractivity contribution in [1.82, 2.24) is 5.32 Å². The summed E-state index contributed by atoms with van der Waals surface area (Å²) in [5.74, 6) is -1.74. The molecule has 0 aliphatic heterocycles. The van der Waals surface area contributed by atoms with E-state index in [1.807, 2.05) is 26.0 Å². The molecular formula is C24H24FN3O4S. The molecule has 3 rings (SSSR count). The standard InChI is InChI=1S/C24H24FN3O4S/c1-15-7-6-10-21(17(15)3)27-23(29)14-26-24(30)19-13-18(12-11-16(19)2)33(31,32)28-22-9-5-4-8-20(22)25/h4-13,28H,14H2,1-3H3,(H,26,30)(H,27,29). The van der Waals surface area contributed by atoms with E-state index in [0.29, 0.717) is 11.3 Å². The molecule has 0 aliphatic carbocycles. The Morgan fingerprint density at radius 2 is 1.58 bits per heavy atom. The molecule has 0 unspecified atom stereocenters. The predicted molar refractivity (Wildman–Crippen MR) is 125 cm³/mol. The second-order valence-electron chi connectivity index (χ2n) is 7.54. The topological polar surface area (TPSA) is 104 Å². The van der Waals surface area contributed by atoms with Crippen LogP contribution in [-0.4, -0.2) is 26.8 Å². The van der Waals surface area contributed by atoms with E-state index in [0.717, 1.165) is 17.2 Å². The summed E-state index contributed by atoms with van der Waals surface area (Å²) in [6.45, 7) is 5.16. The van der Waals surface area contributed by atoms with Crippen molar-refractivity contribution in [2.24, 2.45) is 0 Å². The first-order valence-corrected chi connectivity index (χ1v) is 11.6. The van der Waals surface area contributed by atoms with Gasteiger partial charge in [-0.1, -0.05) is 30.3 Å². The molecule has 7 nitrogen and oxygen atoms in total. The Hall–Kier alpha value is -3.72. The summed E-state index contributed by atoms with van der Waals surface area (Å²) in [5.41, 5.74) is 3.01. The number of para-hydroxylation sites is 1. The van der Waals surface area contributed by atoms with Crippen LogP contribution in [0.15, 0.2) is 65.6 Å². The molecule has 0 aliphatic rings. The summed E-state index contributed by atoms with van der Waals surface area (Å²) in [6, 6.07) is 14.9. The fraction of sp³-hybridized carbons (Fsp3) is 0.167. The lowest BCUT2D eigenvalue weighted by Gasteiger charge is -2.13. The number of carbonyl (C=O) groups excluding carboxylic acids is 2. The maximum Gasteiger partial charge on any atom is 0.262 e. The van der Waals surface area contributed by atoms with Gasteiger partial charge in [-0.3, -0.25) is 14.3 Å². The number of anilines is 2. The molecule has 33 heavy (non-hydrogen) atoms. The van der Waals surface area contributed by atoms with Gasteiger partial charge in [0.05, 0.1) is 17.1 Å². The quantitative estimate of drug-likeness (QED) is 0.488. The number of halogens is 1. The fourth-order valence-corrected chi connectivity index (χ4v) is 4.19. The molecule has 0 atom stereocenters. The molecule has 9 heteroatoms. The molecule has 0 spiro atoms. The third kappa shape index (κ3) is 5.75. The van der Waals surface area contributed by atoms with Gasteiger partial charge in [-0.25, -0.2) is 12.8 Å². The fourth-order valence-electron chi connectivity index (χ4n) is 3.10. The zero-order valence-electron chi connectivity index (χ0n) is 18.4. The van der Waals surface area contributed by atoms with Crippen molar-refractivity contribution >= 4 is 33.2 Å². The van der Waals surface area contributed by atoms with E-state index in [2.05, 4.69) is 15.4 Å². The number of nitrogens with one attached hydrogen (secondary N) is 3. The van der Waals surface area contributed by atoms with Gasteiger partial charge in [0.15, 0.2) is 0 Å². The zero-order chi connectivity index (χ0) is 24.2. The summed E-state index contributed by atoms with van der Waals surface area (Å²) < 4.78 is 41.4. The van der Waals surface area contributed by atoms with Crippen LogP contribution in [-0.2, 0) is 14.8 Å². The smallest absolute Gasteiger partial charge is 0.262 e. The average molecular weight is 470 g/mol. The average Bonchev–Trinajstić information content (AvgIpc) is 2.77. The van der Waals surface area contributed by atoms with Gasteiger partial charge in [-0.2, -0.15) is 0 Å². The van der Waals surface area contributed by atoms with E-state index in [4.69, 9.17) is 0 Å². The molecule has 0 fully saturated rings. The molecule has 0 bridgehead atoms. The number of hydrogen-bond acceptors (Lipinski definition) is 4. The first kappa shape index (κ1) is 23.9. The third-order valence-electron chi connectivity index (χ3n) is 5.17. The van der Waals surface area contributed by atoms with Crippen molar-refractivity contribution in [2.45, 2.75) is 25.7 Å². The van der Waals surface area contributed by atoms with Crippen LogP contribution < -0.4 is 15.4 Å². The van der Waals surface area contributed by atoms with E-state index in [9.17, 15) is 22.4 Å². The van der Waals surface area contributed by atoms with E-state index < -0.39 is 27.7 Å². The number of hydrogen-bond donors (Lipinski definition) is 3. The van der Waals surface area contributed by atoms with Gasteiger partial charge >= 0.3 is 0 Å². The van der Waals surface area contributed by atoms with Crippen molar-refractivity contribution in [2.75, 3.05) is 16.6 Å². The second kappa shape index (κ2) is 9.83. The van der Waals surface area contributed by atoms with Crippen LogP contribution in [0, 0.1) is 26.6 Å². The number of rotatable bonds is 7. The van der Waals surface area contributed by atoms with Crippen LogP contribution in [0.1, 0.15) is 27.0 Å². The molecule has 172 valence electrons. The van der Waals surface area contributed by atoms with Gasteiger partial charge in [-0.05, 0) is 67.8 Å². The molecule has 3 aromatic carbocycles. The lowest BCUT2D eigenvalue weighted by Crippen LogP contribution is -2.33. The Morgan fingerprint density at radius 1 is 0.879 bits per heavy atom. The van der Waals surface area contributed by atoms with E-state index in [-0.39, 0.29) is 22.7 Å². The van der Waals surface area contributed by atoms with Gasteiger partial charge in [0.2, 0.25) is 5.91 Å². The maximum atomic E-state index is 13.9. The van der Waals surface area contributed by atoms with E-state index >= 15 is 0 Å². The minimum atomic E-state index is -4.14. The van der Waals surface area contributed by atoms with E-state index in [1.165, 1.54) is 36.4 Å². The summed E-state index contributed by atoms with van der Waals surface area (Å²) in [4.78, 5) is 24.8. The number of amides is 2. The minimum absolute atomic E-state index is 0.0888. The Morgan fingerprint density at radius 3 is 2.30 bits per heavy atom. The highest BCUT2D eigenvalue weighted by Gasteiger charge is 2.20. The van der Waals surface area contributed by atoms with Gasteiger partial charge in [0.25, 0.3) is 15.9 Å². The number of carbonyl (C=O) groups is 2. The van der Waals surface area contributed by atoms with Gasteiger partial charge < -0.3 is 10.6 Å². The normalized spacial score (nSPS) is 11.0. The van der Waals surface area contributed by atoms with Crippen LogP contribution in [0.25, 0.3) is 0 Å². The number of sulfonamides is 1. The molecule has 0 heterocycles. The second-order valence-corrected chi connectivity index (χ2v) is 9.22. The van der Waals surface area contributed by atoms with Crippen molar-refractivity contribution in [3.8, 4) is 0 Å². The summed E-state index contributed by atoms with van der Waals surface area (Å²) in [5, 5.41) is 5.25. The largest absolute Gasteiger partial charge is 0.343 e. The van der Waals surface area contributed by atoms with Crippen LogP contribution in [0.4, 0.5) is 15.8 Å². The molecule has 0 aromatic heterocycles. The Bertz CT molecular complexity index is 1320. The van der Waals surface area contributed by atoms with Gasteiger partial charge in [-0.15, -0.1) is 0 Å². The minimum Gasteiger partial charge on any atom is -0.343 e. The zero-order valence-corrected chi connectivity index (χ0v) is 19.2. The first-order valence-electron chi connectivity index (χ1n) is 10.1. The van der Waals surface area contributed by atoms with Crippen molar-refractivity contribution in [3.63, 3.8) is 0 Å². The predicted octanol–water partition coefficient (Wildman–Crippen LogP) is 3.92. The number of aryl methyl sites for hydroxylation is 2.